The van der Waals surface area contributed by atoms with Crippen molar-refractivity contribution in [1.29, 1.82) is 0 Å². The third-order valence-electron chi connectivity index (χ3n) is 3.82. The molecule has 2 aliphatic rings. The number of benzene rings is 1. The molecule has 1 fully saturated rings. The number of nitrogens with zero attached hydrogens (tertiary/aromatic N) is 1. The predicted molar refractivity (Wildman–Crippen MR) is 85.7 cm³/mol. The van der Waals surface area contributed by atoms with Gasteiger partial charge in [-0.05, 0) is 30.9 Å². The van der Waals surface area contributed by atoms with Gasteiger partial charge in [-0.3, -0.25) is 4.99 Å². The Kier molecular flexibility index (Phi) is 4.43. The summed E-state index contributed by atoms with van der Waals surface area (Å²) in [6, 6.07) is 3.51. The quantitative estimate of drug-likeness (QED) is 0.714. The van der Waals surface area contributed by atoms with Crippen LogP contribution in [0.4, 0.5) is 10.1 Å². The van der Waals surface area contributed by atoms with Crippen LogP contribution in [0, 0.1) is 11.7 Å². The van der Waals surface area contributed by atoms with E-state index in [4.69, 9.17) is 28.2 Å². The number of rotatable bonds is 1. The Balaban J connectivity index is 1.76. The first-order chi connectivity index (χ1) is 9.63. The minimum absolute atomic E-state index is 0.0250. The average Bonchev–Trinajstić information content (AvgIpc) is 2.44. The molecule has 0 amide bonds. The lowest BCUT2D eigenvalue weighted by Crippen LogP contribution is -2.31. The molecule has 6 heteroatoms. The van der Waals surface area contributed by atoms with Gasteiger partial charge in [0.15, 0.2) is 11.0 Å². The predicted octanol–water partition coefficient (Wildman–Crippen LogP) is 5.21. The van der Waals surface area contributed by atoms with Crippen LogP contribution in [0.15, 0.2) is 17.1 Å². The van der Waals surface area contributed by atoms with Gasteiger partial charge in [0, 0.05) is 11.4 Å². The van der Waals surface area contributed by atoms with Crippen LogP contribution in [0.25, 0.3) is 0 Å². The van der Waals surface area contributed by atoms with E-state index in [0.717, 1.165) is 10.9 Å². The fraction of sp³-hybridized carbons (Fsp3) is 0.500. The molecule has 0 radical (unpaired) electrons. The zero-order valence-corrected chi connectivity index (χ0v) is 13.2. The highest BCUT2D eigenvalue weighted by Gasteiger charge is 2.29. The van der Waals surface area contributed by atoms with Crippen molar-refractivity contribution in [3.63, 3.8) is 0 Å². The van der Waals surface area contributed by atoms with E-state index in [-0.39, 0.29) is 10.0 Å². The second-order valence-corrected chi connectivity index (χ2v) is 7.06. The number of thioether (sulfide) groups is 1. The highest BCUT2D eigenvalue weighted by Crippen LogP contribution is 2.35. The van der Waals surface area contributed by atoms with Gasteiger partial charge in [-0.2, -0.15) is 0 Å². The smallest absolute Gasteiger partial charge is 0.161 e. The van der Waals surface area contributed by atoms with Crippen LogP contribution in [0.2, 0.25) is 10.0 Å². The first-order valence-electron chi connectivity index (χ1n) is 6.75. The van der Waals surface area contributed by atoms with Crippen molar-refractivity contribution in [2.45, 2.75) is 31.7 Å². The summed E-state index contributed by atoms with van der Waals surface area (Å²) in [5.41, 5.74) is 0.682. The number of amidine groups is 1. The molecule has 1 saturated carbocycles. The SMILES string of the molecule is Fc1c(Cl)cc(NC2=NC3CCCCC3CS2)cc1Cl. The molecule has 2 unspecified atom stereocenters. The van der Waals surface area contributed by atoms with Gasteiger partial charge in [-0.15, -0.1) is 0 Å². The second kappa shape index (κ2) is 6.12. The zero-order chi connectivity index (χ0) is 14.1. The Labute approximate surface area is 132 Å². The van der Waals surface area contributed by atoms with E-state index in [1.807, 2.05) is 0 Å². The highest BCUT2D eigenvalue weighted by molar-refractivity contribution is 8.14. The van der Waals surface area contributed by atoms with Crippen molar-refractivity contribution in [2.75, 3.05) is 11.1 Å². The van der Waals surface area contributed by atoms with Gasteiger partial charge in [-0.25, -0.2) is 4.39 Å². The van der Waals surface area contributed by atoms with E-state index < -0.39 is 5.82 Å². The lowest BCUT2D eigenvalue weighted by Gasteiger charge is -2.32. The molecule has 1 aliphatic heterocycles. The van der Waals surface area contributed by atoms with Gasteiger partial charge in [0.25, 0.3) is 0 Å². The molecule has 1 heterocycles. The fourth-order valence-electron chi connectivity index (χ4n) is 2.75. The summed E-state index contributed by atoms with van der Waals surface area (Å²) < 4.78 is 13.4. The molecular weight excluding hydrogens is 318 g/mol. The summed E-state index contributed by atoms with van der Waals surface area (Å²) in [6.45, 7) is 0. The number of nitrogens with one attached hydrogen (secondary N) is 1. The second-order valence-electron chi connectivity index (χ2n) is 5.24. The monoisotopic (exact) mass is 332 g/mol. The first-order valence-corrected chi connectivity index (χ1v) is 8.50. The average molecular weight is 333 g/mol. The van der Waals surface area contributed by atoms with Crippen LogP contribution in [0.5, 0.6) is 0 Å². The maximum atomic E-state index is 13.4. The number of halogens is 3. The molecule has 108 valence electrons. The molecule has 3 rings (SSSR count). The molecule has 0 bridgehead atoms. The van der Waals surface area contributed by atoms with Crippen LogP contribution in [0.3, 0.4) is 0 Å². The number of fused-ring (bicyclic) bond motifs is 1. The number of aliphatic imine (C=N–C) groups is 1. The molecular formula is C14H15Cl2FN2S. The van der Waals surface area contributed by atoms with Crippen molar-refractivity contribution in [3.8, 4) is 0 Å². The third kappa shape index (κ3) is 3.07. The van der Waals surface area contributed by atoms with E-state index in [2.05, 4.69) is 5.32 Å². The van der Waals surface area contributed by atoms with E-state index in [0.29, 0.717) is 17.6 Å². The molecule has 2 nitrogen and oxygen atoms in total. The minimum atomic E-state index is -0.579. The summed E-state index contributed by atoms with van der Waals surface area (Å²) in [4.78, 5) is 4.77. The summed E-state index contributed by atoms with van der Waals surface area (Å²) in [6.07, 6.45) is 5.03. The van der Waals surface area contributed by atoms with E-state index >= 15 is 0 Å². The fourth-order valence-corrected chi connectivity index (χ4v) is 4.39. The molecule has 0 aromatic heterocycles. The molecule has 2 atom stereocenters. The molecule has 1 aromatic rings. The van der Waals surface area contributed by atoms with E-state index in [1.54, 1.807) is 23.9 Å². The van der Waals surface area contributed by atoms with Crippen LogP contribution in [-0.4, -0.2) is 17.0 Å². The zero-order valence-electron chi connectivity index (χ0n) is 10.8. The van der Waals surface area contributed by atoms with Crippen LogP contribution < -0.4 is 5.32 Å². The van der Waals surface area contributed by atoms with Crippen molar-refractivity contribution >= 4 is 45.8 Å². The molecule has 1 N–H and O–H groups in total. The lowest BCUT2D eigenvalue weighted by molar-refractivity contribution is 0.336. The largest absolute Gasteiger partial charge is 0.335 e. The number of hydrogen-bond acceptors (Lipinski definition) is 3. The van der Waals surface area contributed by atoms with Gasteiger partial charge < -0.3 is 5.32 Å². The van der Waals surface area contributed by atoms with Crippen molar-refractivity contribution < 1.29 is 4.39 Å². The molecule has 0 saturated heterocycles. The van der Waals surface area contributed by atoms with Crippen molar-refractivity contribution in [3.05, 3.63) is 28.0 Å². The molecule has 20 heavy (non-hydrogen) atoms. The van der Waals surface area contributed by atoms with Gasteiger partial charge in [0.1, 0.15) is 0 Å². The summed E-state index contributed by atoms with van der Waals surface area (Å²) in [7, 11) is 0. The van der Waals surface area contributed by atoms with Crippen LogP contribution in [0.1, 0.15) is 25.7 Å². The van der Waals surface area contributed by atoms with Gasteiger partial charge in [-0.1, -0.05) is 47.8 Å². The van der Waals surface area contributed by atoms with E-state index in [9.17, 15) is 4.39 Å². The first kappa shape index (κ1) is 14.5. The van der Waals surface area contributed by atoms with Crippen LogP contribution >= 0.6 is 35.0 Å². The Hall–Kier alpha value is -0.450. The van der Waals surface area contributed by atoms with Crippen molar-refractivity contribution in [1.82, 2.24) is 0 Å². The highest BCUT2D eigenvalue weighted by atomic mass is 35.5. The minimum Gasteiger partial charge on any atom is -0.335 e. The summed E-state index contributed by atoms with van der Waals surface area (Å²) in [5, 5.41) is 4.13. The Morgan fingerprint density at radius 2 is 1.90 bits per heavy atom. The molecule has 0 spiro atoms. The normalized spacial score (nSPS) is 25.9. The summed E-state index contributed by atoms with van der Waals surface area (Å²) in [5.74, 6) is 1.23. The topological polar surface area (TPSA) is 24.4 Å². The third-order valence-corrected chi connectivity index (χ3v) is 5.45. The van der Waals surface area contributed by atoms with Gasteiger partial charge in [0.2, 0.25) is 0 Å². The Morgan fingerprint density at radius 1 is 1.20 bits per heavy atom. The Bertz CT molecular complexity index is 527. The van der Waals surface area contributed by atoms with Crippen LogP contribution in [-0.2, 0) is 0 Å². The van der Waals surface area contributed by atoms with E-state index in [1.165, 1.54) is 25.7 Å². The van der Waals surface area contributed by atoms with Crippen molar-refractivity contribution in [2.24, 2.45) is 10.9 Å². The molecule has 1 aromatic carbocycles. The maximum absolute atomic E-state index is 13.4. The number of anilines is 1. The lowest BCUT2D eigenvalue weighted by atomic mass is 9.86. The number of hydrogen-bond donors (Lipinski definition) is 1. The standard InChI is InChI=1S/C14H15Cl2FN2S/c15-10-5-9(6-11(16)13(10)17)18-14-19-12-4-2-1-3-8(12)7-20-14/h5-6,8,12H,1-4,7H2,(H,18,19). The molecule has 1 aliphatic carbocycles. The summed E-state index contributed by atoms with van der Waals surface area (Å²) >= 11 is 13.3. The van der Waals surface area contributed by atoms with Gasteiger partial charge in [0.05, 0.1) is 16.1 Å². The van der Waals surface area contributed by atoms with Gasteiger partial charge >= 0.3 is 0 Å². The maximum Gasteiger partial charge on any atom is 0.161 e. The Morgan fingerprint density at radius 3 is 2.65 bits per heavy atom.